The number of nitrogens with zero attached hydrogens (tertiary/aromatic N) is 1. The van der Waals surface area contributed by atoms with Crippen molar-refractivity contribution in [1.82, 2.24) is 10.5 Å². The fourth-order valence-electron chi connectivity index (χ4n) is 2.41. The zero-order chi connectivity index (χ0) is 12.5. The third-order valence-corrected chi connectivity index (χ3v) is 3.30. The standard InChI is InChI=1S/C14H14N2O2/c1-9-8-13(16-18-9)14(17)15-12-7-6-10-4-2-3-5-11(10)12/h2-5,8,12H,6-7H2,1H3,(H,15,17). The van der Waals surface area contributed by atoms with E-state index in [4.69, 9.17) is 4.52 Å². The third-order valence-electron chi connectivity index (χ3n) is 3.30. The van der Waals surface area contributed by atoms with E-state index in [2.05, 4.69) is 22.6 Å². The first-order valence-electron chi connectivity index (χ1n) is 6.06. The van der Waals surface area contributed by atoms with Crippen molar-refractivity contribution in [3.05, 3.63) is 52.9 Å². The van der Waals surface area contributed by atoms with Crippen LogP contribution in [0.1, 0.15) is 39.8 Å². The number of fused-ring (bicyclic) bond motifs is 1. The second kappa shape index (κ2) is 4.29. The van der Waals surface area contributed by atoms with E-state index in [0.29, 0.717) is 11.5 Å². The van der Waals surface area contributed by atoms with Crippen molar-refractivity contribution in [2.75, 3.05) is 0 Å². The number of nitrogens with one attached hydrogen (secondary N) is 1. The van der Waals surface area contributed by atoms with Crippen molar-refractivity contribution >= 4 is 5.91 Å². The van der Waals surface area contributed by atoms with Crippen LogP contribution >= 0.6 is 0 Å². The molecule has 1 unspecified atom stereocenters. The van der Waals surface area contributed by atoms with Crippen LogP contribution in [0.4, 0.5) is 0 Å². The van der Waals surface area contributed by atoms with Crippen LogP contribution in [0.2, 0.25) is 0 Å². The summed E-state index contributed by atoms with van der Waals surface area (Å²) in [6.07, 6.45) is 1.96. The minimum atomic E-state index is -0.173. The van der Waals surface area contributed by atoms with Crippen LogP contribution in [0.5, 0.6) is 0 Å². The maximum atomic E-state index is 12.0. The van der Waals surface area contributed by atoms with Crippen molar-refractivity contribution in [2.24, 2.45) is 0 Å². The van der Waals surface area contributed by atoms with Crippen LogP contribution in [-0.2, 0) is 6.42 Å². The zero-order valence-electron chi connectivity index (χ0n) is 10.1. The molecule has 3 rings (SSSR count). The van der Waals surface area contributed by atoms with Crippen LogP contribution in [0.25, 0.3) is 0 Å². The molecule has 18 heavy (non-hydrogen) atoms. The number of benzene rings is 1. The molecule has 92 valence electrons. The smallest absolute Gasteiger partial charge is 0.273 e. The highest BCUT2D eigenvalue weighted by Crippen LogP contribution is 2.30. The molecular formula is C14H14N2O2. The highest BCUT2D eigenvalue weighted by atomic mass is 16.5. The van der Waals surface area contributed by atoms with Crippen LogP contribution in [-0.4, -0.2) is 11.1 Å². The molecular weight excluding hydrogens is 228 g/mol. The predicted octanol–water partition coefficient (Wildman–Crippen LogP) is 2.40. The summed E-state index contributed by atoms with van der Waals surface area (Å²) in [6, 6.07) is 9.96. The first-order chi connectivity index (χ1) is 8.74. The van der Waals surface area contributed by atoms with Gasteiger partial charge in [0.05, 0.1) is 6.04 Å². The highest BCUT2D eigenvalue weighted by molar-refractivity contribution is 5.92. The van der Waals surface area contributed by atoms with Gasteiger partial charge in [0, 0.05) is 6.07 Å². The molecule has 1 N–H and O–H groups in total. The van der Waals surface area contributed by atoms with Crippen molar-refractivity contribution < 1.29 is 9.32 Å². The molecule has 2 aromatic rings. The van der Waals surface area contributed by atoms with Gasteiger partial charge in [-0.15, -0.1) is 0 Å². The van der Waals surface area contributed by atoms with Gasteiger partial charge in [0.25, 0.3) is 5.91 Å². The zero-order valence-corrected chi connectivity index (χ0v) is 10.1. The Morgan fingerprint density at radius 2 is 2.28 bits per heavy atom. The molecule has 1 aromatic heterocycles. The van der Waals surface area contributed by atoms with Crippen LogP contribution < -0.4 is 5.32 Å². The fourth-order valence-corrected chi connectivity index (χ4v) is 2.41. The molecule has 1 heterocycles. The summed E-state index contributed by atoms with van der Waals surface area (Å²) in [5.74, 6) is 0.473. The summed E-state index contributed by atoms with van der Waals surface area (Å²) in [5.41, 5.74) is 2.88. The molecule has 1 aromatic carbocycles. The van der Waals surface area contributed by atoms with Gasteiger partial charge in [-0.3, -0.25) is 4.79 Å². The number of hydrogen-bond donors (Lipinski definition) is 1. The summed E-state index contributed by atoms with van der Waals surface area (Å²) >= 11 is 0. The molecule has 1 aliphatic rings. The Hall–Kier alpha value is -2.10. The van der Waals surface area contributed by atoms with Gasteiger partial charge >= 0.3 is 0 Å². The molecule has 0 fully saturated rings. The Bertz CT molecular complexity index is 589. The van der Waals surface area contributed by atoms with Crippen molar-refractivity contribution in [3.8, 4) is 0 Å². The van der Waals surface area contributed by atoms with Gasteiger partial charge in [0.15, 0.2) is 5.69 Å². The molecule has 0 radical (unpaired) electrons. The second-order valence-electron chi connectivity index (χ2n) is 4.59. The molecule has 1 aliphatic carbocycles. The van der Waals surface area contributed by atoms with Gasteiger partial charge in [-0.05, 0) is 30.9 Å². The van der Waals surface area contributed by atoms with E-state index >= 15 is 0 Å². The molecule has 0 saturated carbocycles. The van der Waals surface area contributed by atoms with E-state index < -0.39 is 0 Å². The molecule has 4 nitrogen and oxygen atoms in total. The predicted molar refractivity (Wildman–Crippen MR) is 66.2 cm³/mol. The van der Waals surface area contributed by atoms with E-state index in [9.17, 15) is 4.79 Å². The lowest BCUT2D eigenvalue weighted by atomic mass is 10.1. The number of aryl methyl sites for hydroxylation is 2. The summed E-state index contributed by atoms with van der Waals surface area (Å²) in [7, 11) is 0. The van der Waals surface area contributed by atoms with Gasteiger partial charge in [0.2, 0.25) is 0 Å². The van der Waals surface area contributed by atoms with E-state index in [1.807, 2.05) is 12.1 Å². The number of rotatable bonds is 2. The van der Waals surface area contributed by atoms with E-state index in [-0.39, 0.29) is 11.9 Å². The third kappa shape index (κ3) is 1.90. The average molecular weight is 242 g/mol. The highest BCUT2D eigenvalue weighted by Gasteiger charge is 2.24. The minimum Gasteiger partial charge on any atom is -0.361 e. The van der Waals surface area contributed by atoms with Crippen LogP contribution in [0, 0.1) is 6.92 Å². The quantitative estimate of drug-likeness (QED) is 0.879. The van der Waals surface area contributed by atoms with E-state index in [1.54, 1.807) is 13.0 Å². The fraction of sp³-hybridized carbons (Fsp3) is 0.286. The Morgan fingerprint density at radius 1 is 1.44 bits per heavy atom. The summed E-state index contributed by atoms with van der Waals surface area (Å²) < 4.78 is 4.91. The van der Waals surface area contributed by atoms with Gasteiger partial charge in [-0.25, -0.2) is 0 Å². The van der Waals surface area contributed by atoms with E-state index in [0.717, 1.165) is 12.8 Å². The second-order valence-corrected chi connectivity index (χ2v) is 4.59. The Morgan fingerprint density at radius 3 is 3.06 bits per heavy atom. The summed E-state index contributed by atoms with van der Waals surface area (Å²) in [5, 5.41) is 6.73. The molecule has 0 aliphatic heterocycles. The lowest BCUT2D eigenvalue weighted by Gasteiger charge is -2.12. The summed E-state index contributed by atoms with van der Waals surface area (Å²) in [4.78, 5) is 12.0. The number of amides is 1. The topological polar surface area (TPSA) is 55.1 Å². The maximum absolute atomic E-state index is 12.0. The maximum Gasteiger partial charge on any atom is 0.273 e. The Balaban J connectivity index is 1.77. The van der Waals surface area contributed by atoms with Gasteiger partial charge in [-0.2, -0.15) is 0 Å². The van der Waals surface area contributed by atoms with Crippen molar-refractivity contribution in [1.29, 1.82) is 0 Å². The Kier molecular flexibility index (Phi) is 2.63. The Labute approximate surface area is 105 Å². The molecule has 0 bridgehead atoms. The number of hydrogen-bond acceptors (Lipinski definition) is 3. The first kappa shape index (κ1) is 11.0. The first-order valence-corrected chi connectivity index (χ1v) is 6.06. The number of aromatic nitrogens is 1. The number of carbonyl (C=O) groups excluding carboxylic acids is 1. The molecule has 1 amide bonds. The van der Waals surface area contributed by atoms with Gasteiger partial charge < -0.3 is 9.84 Å². The monoisotopic (exact) mass is 242 g/mol. The van der Waals surface area contributed by atoms with Crippen molar-refractivity contribution in [2.45, 2.75) is 25.8 Å². The molecule has 4 heteroatoms. The van der Waals surface area contributed by atoms with Crippen LogP contribution in [0.15, 0.2) is 34.9 Å². The normalized spacial score (nSPS) is 17.5. The number of carbonyl (C=O) groups is 1. The molecule has 0 saturated heterocycles. The lowest BCUT2D eigenvalue weighted by molar-refractivity contribution is 0.0927. The van der Waals surface area contributed by atoms with Crippen LogP contribution in [0.3, 0.4) is 0 Å². The van der Waals surface area contributed by atoms with E-state index in [1.165, 1.54) is 11.1 Å². The average Bonchev–Trinajstić information content (AvgIpc) is 2.97. The van der Waals surface area contributed by atoms with Gasteiger partial charge in [0.1, 0.15) is 5.76 Å². The van der Waals surface area contributed by atoms with Gasteiger partial charge in [-0.1, -0.05) is 29.4 Å². The lowest BCUT2D eigenvalue weighted by Crippen LogP contribution is -2.27. The largest absolute Gasteiger partial charge is 0.361 e. The molecule has 0 spiro atoms. The summed E-state index contributed by atoms with van der Waals surface area (Å²) in [6.45, 7) is 1.77. The minimum absolute atomic E-state index is 0.0886. The molecule has 1 atom stereocenters. The van der Waals surface area contributed by atoms with Crippen molar-refractivity contribution in [3.63, 3.8) is 0 Å². The SMILES string of the molecule is Cc1cc(C(=O)NC2CCc3ccccc32)no1.